The van der Waals surface area contributed by atoms with Crippen LogP contribution in [-0.4, -0.2) is 9.36 Å². The first-order valence-electron chi connectivity index (χ1n) is 6.24. The molecule has 0 atom stereocenters. The molecule has 1 heterocycles. The van der Waals surface area contributed by atoms with Crippen molar-refractivity contribution >= 4 is 5.69 Å². The fraction of sp³-hybridized carbons (Fsp3) is 0.357. The van der Waals surface area contributed by atoms with Crippen LogP contribution in [0.2, 0.25) is 0 Å². The highest BCUT2D eigenvalue weighted by atomic mass is 16.1. The van der Waals surface area contributed by atoms with Crippen LogP contribution < -0.4 is 11.3 Å². The molecule has 1 aromatic heterocycles. The van der Waals surface area contributed by atoms with Crippen molar-refractivity contribution in [1.82, 2.24) is 9.36 Å². The molecule has 0 radical (unpaired) electrons. The van der Waals surface area contributed by atoms with Crippen molar-refractivity contribution in [2.45, 2.75) is 25.7 Å². The van der Waals surface area contributed by atoms with E-state index in [1.165, 1.54) is 0 Å². The molecule has 1 aromatic carbocycles. The third-order valence-electron chi connectivity index (χ3n) is 3.56. The van der Waals surface area contributed by atoms with Gasteiger partial charge in [0.25, 0.3) is 5.56 Å². The molecule has 4 heteroatoms. The number of hydrogen-bond donors (Lipinski definition) is 1. The van der Waals surface area contributed by atoms with E-state index < -0.39 is 0 Å². The summed E-state index contributed by atoms with van der Waals surface area (Å²) in [7, 11) is 1.91. The molecular formula is C14H17N3O. The molecule has 2 aromatic rings. The van der Waals surface area contributed by atoms with E-state index in [1.807, 2.05) is 42.9 Å². The lowest BCUT2D eigenvalue weighted by Gasteiger charge is -2.10. The minimum atomic E-state index is -0.106. The fourth-order valence-electron chi connectivity index (χ4n) is 2.53. The summed E-state index contributed by atoms with van der Waals surface area (Å²) in [5.74, 6) is 0.466. The average molecular weight is 243 g/mol. The molecule has 1 fully saturated rings. The van der Waals surface area contributed by atoms with E-state index in [9.17, 15) is 4.79 Å². The van der Waals surface area contributed by atoms with Gasteiger partial charge in [0, 0.05) is 13.0 Å². The third kappa shape index (κ3) is 1.56. The largest absolute Gasteiger partial charge is 0.393 e. The van der Waals surface area contributed by atoms with E-state index in [0.717, 1.165) is 29.8 Å². The number of nitrogens with two attached hydrogens (primary N) is 1. The lowest BCUT2D eigenvalue weighted by molar-refractivity contribution is 0.616. The minimum absolute atomic E-state index is 0.106. The van der Waals surface area contributed by atoms with Crippen LogP contribution in [0.3, 0.4) is 0 Å². The molecule has 2 N–H and O–H groups in total. The van der Waals surface area contributed by atoms with Gasteiger partial charge in [-0.25, -0.2) is 4.68 Å². The Balaban J connectivity index is 2.24. The second-order valence-corrected chi connectivity index (χ2v) is 5.05. The highest BCUT2D eigenvalue weighted by molar-refractivity contribution is 5.48. The lowest BCUT2D eigenvalue weighted by Crippen LogP contribution is -2.20. The topological polar surface area (TPSA) is 52.9 Å². The molecule has 0 aliphatic heterocycles. The summed E-state index contributed by atoms with van der Waals surface area (Å²) in [5.41, 5.74) is 9.26. The summed E-state index contributed by atoms with van der Waals surface area (Å²) in [4.78, 5) is 12.3. The van der Waals surface area contributed by atoms with Crippen LogP contribution in [0.5, 0.6) is 0 Å². The first-order chi connectivity index (χ1) is 8.59. The zero-order valence-corrected chi connectivity index (χ0v) is 10.7. The molecule has 4 nitrogen and oxygen atoms in total. The zero-order valence-electron chi connectivity index (χ0n) is 10.7. The van der Waals surface area contributed by atoms with Crippen LogP contribution in [0.15, 0.2) is 29.1 Å². The minimum Gasteiger partial charge on any atom is -0.393 e. The van der Waals surface area contributed by atoms with Gasteiger partial charge >= 0.3 is 0 Å². The number of rotatable bonds is 2. The summed E-state index contributed by atoms with van der Waals surface area (Å²) in [6.45, 7) is 2.02. The normalized spacial score (nSPS) is 15.0. The number of aryl methyl sites for hydroxylation is 1. The zero-order chi connectivity index (χ0) is 12.9. The molecular weight excluding hydrogens is 226 g/mol. The quantitative estimate of drug-likeness (QED) is 0.876. The van der Waals surface area contributed by atoms with Crippen molar-refractivity contribution in [2.24, 2.45) is 7.05 Å². The summed E-state index contributed by atoms with van der Waals surface area (Å²) >= 11 is 0. The second-order valence-electron chi connectivity index (χ2n) is 5.05. The van der Waals surface area contributed by atoms with Crippen LogP contribution in [0.25, 0.3) is 5.69 Å². The molecule has 1 aliphatic carbocycles. The van der Waals surface area contributed by atoms with E-state index in [4.69, 9.17) is 5.73 Å². The number of nitrogen functional groups attached to an aromatic ring is 1. The standard InChI is InChI=1S/C14H17N3O/c1-9-4-3-5-11(8-9)17-14(18)12(15)13(16(17)2)10-6-7-10/h3-5,8,10H,6-7,15H2,1-2H3. The Kier molecular flexibility index (Phi) is 2.33. The Morgan fingerprint density at radius 2 is 2.06 bits per heavy atom. The summed E-state index contributed by atoms with van der Waals surface area (Å²) < 4.78 is 3.57. The molecule has 0 amide bonds. The number of hydrogen-bond acceptors (Lipinski definition) is 2. The van der Waals surface area contributed by atoms with Gasteiger partial charge < -0.3 is 5.73 Å². The molecule has 1 saturated carbocycles. The van der Waals surface area contributed by atoms with Crippen LogP contribution in [0, 0.1) is 6.92 Å². The van der Waals surface area contributed by atoms with Gasteiger partial charge in [-0.2, -0.15) is 0 Å². The van der Waals surface area contributed by atoms with E-state index in [2.05, 4.69) is 0 Å². The second kappa shape index (κ2) is 3.77. The van der Waals surface area contributed by atoms with E-state index in [0.29, 0.717) is 11.6 Å². The molecule has 0 bridgehead atoms. The van der Waals surface area contributed by atoms with Crippen molar-refractivity contribution in [2.75, 3.05) is 5.73 Å². The maximum Gasteiger partial charge on any atom is 0.294 e. The Bertz CT molecular complexity index is 662. The molecule has 3 rings (SSSR count). The van der Waals surface area contributed by atoms with Crippen molar-refractivity contribution in [1.29, 1.82) is 0 Å². The molecule has 0 spiro atoms. The van der Waals surface area contributed by atoms with E-state index in [1.54, 1.807) is 4.68 Å². The van der Waals surface area contributed by atoms with Gasteiger partial charge in [-0.3, -0.25) is 9.48 Å². The van der Waals surface area contributed by atoms with Gasteiger partial charge in [0.15, 0.2) is 0 Å². The van der Waals surface area contributed by atoms with Crippen LogP contribution in [0.1, 0.15) is 30.0 Å². The Labute approximate surface area is 106 Å². The Morgan fingerprint density at radius 1 is 1.33 bits per heavy atom. The number of aromatic nitrogens is 2. The van der Waals surface area contributed by atoms with Gasteiger partial charge in [-0.15, -0.1) is 0 Å². The van der Waals surface area contributed by atoms with Gasteiger partial charge in [-0.1, -0.05) is 12.1 Å². The first-order valence-corrected chi connectivity index (χ1v) is 6.24. The first kappa shape index (κ1) is 11.1. The van der Waals surface area contributed by atoms with Gasteiger partial charge in [0.05, 0.1) is 11.4 Å². The molecule has 0 unspecified atom stereocenters. The predicted molar refractivity (Wildman–Crippen MR) is 72.1 cm³/mol. The number of benzene rings is 1. The Hall–Kier alpha value is -1.97. The van der Waals surface area contributed by atoms with Gasteiger partial charge in [0.2, 0.25) is 0 Å². The number of nitrogens with zero attached hydrogens (tertiary/aromatic N) is 2. The number of anilines is 1. The smallest absolute Gasteiger partial charge is 0.294 e. The van der Waals surface area contributed by atoms with Crippen LogP contribution >= 0.6 is 0 Å². The highest BCUT2D eigenvalue weighted by Gasteiger charge is 2.31. The predicted octanol–water partition coefficient (Wildman–Crippen LogP) is 1.94. The lowest BCUT2D eigenvalue weighted by atomic mass is 10.2. The maximum atomic E-state index is 12.3. The molecule has 94 valence electrons. The molecule has 18 heavy (non-hydrogen) atoms. The van der Waals surface area contributed by atoms with E-state index >= 15 is 0 Å². The van der Waals surface area contributed by atoms with Crippen molar-refractivity contribution < 1.29 is 0 Å². The molecule has 1 aliphatic rings. The molecule has 0 saturated heterocycles. The monoisotopic (exact) mass is 243 g/mol. The summed E-state index contributed by atoms with van der Waals surface area (Å²) in [6, 6.07) is 7.90. The van der Waals surface area contributed by atoms with Crippen molar-refractivity contribution in [3.8, 4) is 5.69 Å². The van der Waals surface area contributed by atoms with Gasteiger partial charge in [0.1, 0.15) is 5.69 Å². The van der Waals surface area contributed by atoms with Gasteiger partial charge in [-0.05, 0) is 37.5 Å². The Morgan fingerprint density at radius 3 is 2.67 bits per heavy atom. The highest BCUT2D eigenvalue weighted by Crippen LogP contribution is 2.41. The van der Waals surface area contributed by atoms with E-state index in [-0.39, 0.29) is 5.56 Å². The summed E-state index contributed by atoms with van der Waals surface area (Å²) in [5, 5.41) is 0. The van der Waals surface area contributed by atoms with Crippen LogP contribution in [-0.2, 0) is 7.05 Å². The maximum absolute atomic E-state index is 12.3. The summed E-state index contributed by atoms with van der Waals surface area (Å²) in [6.07, 6.45) is 2.27. The fourth-order valence-corrected chi connectivity index (χ4v) is 2.53. The van der Waals surface area contributed by atoms with Crippen molar-refractivity contribution in [3.05, 3.63) is 45.9 Å². The van der Waals surface area contributed by atoms with Crippen molar-refractivity contribution in [3.63, 3.8) is 0 Å². The average Bonchev–Trinajstić information content (AvgIpc) is 3.10. The van der Waals surface area contributed by atoms with Crippen LogP contribution in [0.4, 0.5) is 5.69 Å². The SMILES string of the molecule is Cc1cccc(-n2c(=O)c(N)c(C3CC3)n2C)c1. The third-order valence-corrected chi connectivity index (χ3v) is 3.56.